The Balaban J connectivity index is 1.60. The van der Waals surface area contributed by atoms with E-state index in [0.717, 1.165) is 30.8 Å². The highest BCUT2D eigenvalue weighted by Crippen LogP contribution is 2.31. The van der Waals surface area contributed by atoms with E-state index in [0.29, 0.717) is 12.3 Å². The zero-order valence-corrected chi connectivity index (χ0v) is 13.4. The zero-order valence-electron chi connectivity index (χ0n) is 12.6. The molecule has 1 saturated carbocycles. The van der Waals surface area contributed by atoms with Gasteiger partial charge in [0, 0.05) is 24.0 Å². The van der Waals surface area contributed by atoms with E-state index in [-0.39, 0.29) is 18.1 Å². The average Bonchev–Trinajstić information content (AvgIpc) is 2.47. The van der Waals surface area contributed by atoms with Crippen LogP contribution in [0.25, 0.3) is 0 Å². The van der Waals surface area contributed by atoms with E-state index >= 15 is 0 Å². The fourth-order valence-corrected chi connectivity index (χ4v) is 3.62. The largest absolute Gasteiger partial charge is 0.393 e. The van der Waals surface area contributed by atoms with Crippen molar-refractivity contribution in [3.05, 3.63) is 35.9 Å². The number of thioether (sulfide) groups is 1. The second-order valence-electron chi connectivity index (χ2n) is 5.76. The summed E-state index contributed by atoms with van der Waals surface area (Å²) in [5.41, 5.74) is 1.30. The maximum absolute atomic E-state index is 12.0. The second-order valence-corrected chi connectivity index (χ2v) is 6.86. The van der Waals surface area contributed by atoms with Gasteiger partial charge < -0.3 is 10.4 Å². The van der Waals surface area contributed by atoms with Crippen molar-refractivity contribution in [3.8, 4) is 0 Å². The highest BCUT2D eigenvalue weighted by atomic mass is 32.2. The minimum atomic E-state index is -0.151. The summed E-state index contributed by atoms with van der Waals surface area (Å²) in [6.45, 7) is 2.10. The molecular formula is C17H25NO2S. The molecule has 21 heavy (non-hydrogen) atoms. The molecule has 0 aliphatic heterocycles. The first-order valence-corrected chi connectivity index (χ1v) is 8.93. The Kier molecular flexibility index (Phi) is 6.58. The standard InChI is InChI=1S/C17H25NO2S/c1-2-16(14-10-15(19)11-14)18-17(20)8-9-21-12-13-6-4-3-5-7-13/h3-7,14-16,19H,2,8-12H2,1H3,(H,18,20)/t14?,15?,16-/m1/s1. The van der Waals surface area contributed by atoms with Gasteiger partial charge in [-0.15, -0.1) is 0 Å². The van der Waals surface area contributed by atoms with Crippen LogP contribution in [-0.2, 0) is 10.5 Å². The number of amides is 1. The summed E-state index contributed by atoms with van der Waals surface area (Å²) in [7, 11) is 0. The van der Waals surface area contributed by atoms with Gasteiger partial charge in [0.05, 0.1) is 6.10 Å². The van der Waals surface area contributed by atoms with Crippen LogP contribution in [0, 0.1) is 5.92 Å². The number of carbonyl (C=O) groups excluding carboxylic acids is 1. The van der Waals surface area contributed by atoms with Gasteiger partial charge in [-0.1, -0.05) is 37.3 Å². The highest BCUT2D eigenvalue weighted by Gasteiger charge is 2.33. The molecule has 0 heterocycles. The topological polar surface area (TPSA) is 49.3 Å². The molecule has 0 aromatic heterocycles. The lowest BCUT2D eigenvalue weighted by atomic mass is 9.76. The molecule has 1 fully saturated rings. The quantitative estimate of drug-likeness (QED) is 0.726. The smallest absolute Gasteiger partial charge is 0.221 e. The Labute approximate surface area is 131 Å². The van der Waals surface area contributed by atoms with Gasteiger partial charge >= 0.3 is 0 Å². The Bertz CT molecular complexity index is 432. The third-order valence-corrected chi connectivity index (χ3v) is 5.12. The molecule has 1 atom stereocenters. The molecule has 1 aromatic carbocycles. The van der Waals surface area contributed by atoms with Gasteiger partial charge in [-0.25, -0.2) is 0 Å². The summed E-state index contributed by atoms with van der Waals surface area (Å²) in [5.74, 6) is 2.42. The average molecular weight is 307 g/mol. The van der Waals surface area contributed by atoms with Crippen molar-refractivity contribution in [3.63, 3.8) is 0 Å². The van der Waals surface area contributed by atoms with Gasteiger partial charge in [0.2, 0.25) is 5.91 Å². The zero-order chi connectivity index (χ0) is 15.1. The van der Waals surface area contributed by atoms with Crippen LogP contribution in [0.5, 0.6) is 0 Å². The van der Waals surface area contributed by atoms with Crippen molar-refractivity contribution in [1.82, 2.24) is 5.32 Å². The summed E-state index contributed by atoms with van der Waals surface area (Å²) < 4.78 is 0. The summed E-state index contributed by atoms with van der Waals surface area (Å²) in [6.07, 6.45) is 3.04. The van der Waals surface area contributed by atoms with Crippen molar-refractivity contribution in [2.75, 3.05) is 5.75 Å². The van der Waals surface area contributed by atoms with Gasteiger partial charge in [0.25, 0.3) is 0 Å². The van der Waals surface area contributed by atoms with Crippen molar-refractivity contribution in [2.45, 2.75) is 50.5 Å². The number of nitrogens with one attached hydrogen (secondary N) is 1. The molecule has 1 aromatic rings. The van der Waals surface area contributed by atoms with Crippen LogP contribution in [-0.4, -0.2) is 28.9 Å². The number of hydrogen-bond acceptors (Lipinski definition) is 3. The molecular weight excluding hydrogens is 282 g/mol. The summed E-state index contributed by atoms with van der Waals surface area (Å²) in [5, 5.41) is 12.5. The fraction of sp³-hybridized carbons (Fsp3) is 0.588. The van der Waals surface area contributed by atoms with Crippen LogP contribution in [0.1, 0.15) is 38.2 Å². The summed E-state index contributed by atoms with van der Waals surface area (Å²) in [4.78, 5) is 12.0. The molecule has 1 aliphatic carbocycles. The molecule has 2 N–H and O–H groups in total. The Morgan fingerprint density at radius 3 is 2.71 bits per heavy atom. The molecule has 1 amide bonds. The van der Waals surface area contributed by atoms with Gasteiger partial charge in [0.15, 0.2) is 0 Å². The van der Waals surface area contributed by atoms with E-state index in [2.05, 4.69) is 24.4 Å². The number of aliphatic hydroxyl groups excluding tert-OH is 1. The molecule has 3 nitrogen and oxygen atoms in total. The number of hydrogen-bond donors (Lipinski definition) is 2. The molecule has 0 bridgehead atoms. The first-order chi connectivity index (χ1) is 10.2. The SMILES string of the molecule is CC[C@@H](NC(=O)CCSCc1ccccc1)C1CC(O)C1. The molecule has 0 saturated heterocycles. The lowest BCUT2D eigenvalue weighted by Crippen LogP contribution is -2.46. The van der Waals surface area contributed by atoms with Crippen molar-refractivity contribution < 1.29 is 9.90 Å². The van der Waals surface area contributed by atoms with Crippen LogP contribution < -0.4 is 5.32 Å². The van der Waals surface area contributed by atoms with Crippen LogP contribution in [0.2, 0.25) is 0 Å². The first kappa shape index (κ1) is 16.4. The Hall–Kier alpha value is -1.00. The van der Waals surface area contributed by atoms with Gasteiger partial charge in [0.1, 0.15) is 0 Å². The lowest BCUT2D eigenvalue weighted by molar-refractivity contribution is -0.122. The minimum Gasteiger partial charge on any atom is -0.393 e. The molecule has 1 aliphatic rings. The minimum absolute atomic E-state index is 0.142. The number of carbonyl (C=O) groups is 1. The predicted molar refractivity (Wildman–Crippen MR) is 88.2 cm³/mol. The molecule has 4 heteroatoms. The lowest BCUT2D eigenvalue weighted by Gasteiger charge is -2.37. The molecule has 0 radical (unpaired) electrons. The number of rotatable bonds is 8. The Morgan fingerprint density at radius 1 is 1.38 bits per heavy atom. The molecule has 116 valence electrons. The summed E-state index contributed by atoms with van der Waals surface area (Å²) >= 11 is 1.80. The molecule has 2 rings (SSSR count). The van der Waals surface area contributed by atoms with Crippen LogP contribution in [0.15, 0.2) is 30.3 Å². The Morgan fingerprint density at radius 2 is 2.10 bits per heavy atom. The third-order valence-electron chi connectivity index (χ3n) is 4.09. The van der Waals surface area contributed by atoms with E-state index in [9.17, 15) is 9.90 Å². The van der Waals surface area contributed by atoms with Gasteiger partial charge in [-0.2, -0.15) is 11.8 Å². The monoisotopic (exact) mass is 307 g/mol. The number of aliphatic hydroxyl groups is 1. The van der Waals surface area contributed by atoms with Gasteiger partial charge in [-0.3, -0.25) is 4.79 Å². The van der Waals surface area contributed by atoms with Crippen LogP contribution >= 0.6 is 11.8 Å². The maximum Gasteiger partial charge on any atom is 0.221 e. The van der Waals surface area contributed by atoms with E-state index in [1.807, 2.05) is 18.2 Å². The van der Waals surface area contributed by atoms with Gasteiger partial charge in [-0.05, 0) is 30.7 Å². The van der Waals surface area contributed by atoms with Crippen molar-refractivity contribution in [2.24, 2.45) is 5.92 Å². The first-order valence-electron chi connectivity index (χ1n) is 7.78. The fourth-order valence-electron chi connectivity index (χ4n) is 2.72. The summed E-state index contributed by atoms with van der Waals surface area (Å²) in [6, 6.07) is 10.6. The van der Waals surface area contributed by atoms with E-state index in [1.165, 1.54) is 5.56 Å². The number of benzene rings is 1. The third kappa shape index (κ3) is 5.36. The van der Waals surface area contributed by atoms with E-state index < -0.39 is 0 Å². The highest BCUT2D eigenvalue weighted by molar-refractivity contribution is 7.98. The van der Waals surface area contributed by atoms with Crippen LogP contribution in [0.4, 0.5) is 0 Å². The second kappa shape index (κ2) is 8.44. The molecule has 0 unspecified atom stereocenters. The predicted octanol–water partition coefficient (Wildman–Crippen LogP) is 2.98. The van der Waals surface area contributed by atoms with Crippen molar-refractivity contribution >= 4 is 17.7 Å². The van der Waals surface area contributed by atoms with Crippen molar-refractivity contribution in [1.29, 1.82) is 0 Å². The van der Waals surface area contributed by atoms with Crippen LogP contribution in [0.3, 0.4) is 0 Å². The molecule has 0 spiro atoms. The van der Waals surface area contributed by atoms with E-state index in [1.54, 1.807) is 11.8 Å². The van der Waals surface area contributed by atoms with E-state index in [4.69, 9.17) is 0 Å². The normalized spacial score (nSPS) is 22.4. The maximum atomic E-state index is 12.0.